The van der Waals surface area contributed by atoms with Gasteiger partial charge in [-0.1, -0.05) is 72.9 Å². The Bertz CT molecular complexity index is 486. The summed E-state index contributed by atoms with van der Waals surface area (Å²) in [7, 11) is 0. The van der Waals surface area contributed by atoms with Crippen molar-refractivity contribution in [3.05, 3.63) is 78.4 Å². The van der Waals surface area contributed by atoms with E-state index in [9.17, 15) is 0 Å². The molecule has 0 radical (unpaired) electrons. The molecule has 0 amide bonds. The van der Waals surface area contributed by atoms with Gasteiger partial charge in [-0.2, -0.15) is 0 Å². The molecular weight excluding hydrogens is 192 g/mol. The van der Waals surface area contributed by atoms with E-state index in [2.05, 4.69) is 72.9 Å². The van der Waals surface area contributed by atoms with Crippen LogP contribution in [0.15, 0.2) is 72.9 Å². The minimum Gasteiger partial charge on any atom is -0.0769 e. The Balaban J connectivity index is 2.07. The van der Waals surface area contributed by atoms with E-state index in [1.807, 2.05) is 0 Å². The van der Waals surface area contributed by atoms with Crippen LogP contribution in [0.1, 0.15) is 5.56 Å². The summed E-state index contributed by atoms with van der Waals surface area (Å²) in [5.41, 5.74) is 2.76. The molecule has 0 saturated heterocycles. The molecule has 3 aliphatic rings. The van der Waals surface area contributed by atoms with Crippen molar-refractivity contribution in [3.8, 4) is 0 Å². The van der Waals surface area contributed by atoms with Crippen LogP contribution >= 0.6 is 0 Å². The van der Waals surface area contributed by atoms with Gasteiger partial charge in [0.05, 0.1) is 0 Å². The lowest BCUT2D eigenvalue weighted by Gasteiger charge is -2.22. The minimum absolute atomic E-state index is 0.434. The van der Waals surface area contributed by atoms with Gasteiger partial charge in [0, 0.05) is 11.8 Å². The van der Waals surface area contributed by atoms with Gasteiger partial charge in [-0.3, -0.25) is 0 Å². The molecule has 0 fully saturated rings. The van der Waals surface area contributed by atoms with Gasteiger partial charge in [0.2, 0.25) is 0 Å². The molecule has 0 aromatic heterocycles. The van der Waals surface area contributed by atoms with Crippen molar-refractivity contribution in [1.82, 2.24) is 0 Å². The quantitative estimate of drug-likeness (QED) is 0.609. The summed E-state index contributed by atoms with van der Waals surface area (Å²) in [6.45, 7) is 0. The van der Waals surface area contributed by atoms with Gasteiger partial charge in [0.25, 0.3) is 0 Å². The molecule has 0 heteroatoms. The van der Waals surface area contributed by atoms with Crippen molar-refractivity contribution >= 4 is 5.57 Å². The SMILES string of the molecule is C1=CC2C=CC(C=C1)C(c1ccccc1)=C2. The highest BCUT2D eigenvalue weighted by Crippen LogP contribution is 2.33. The third kappa shape index (κ3) is 1.67. The fourth-order valence-electron chi connectivity index (χ4n) is 2.31. The highest BCUT2D eigenvalue weighted by atomic mass is 14.2. The van der Waals surface area contributed by atoms with E-state index in [1.165, 1.54) is 11.1 Å². The van der Waals surface area contributed by atoms with Crippen LogP contribution in [0.3, 0.4) is 0 Å². The topological polar surface area (TPSA) is 0 Å². The van der Waals surface area contributed by atoms with Gasteiger partial charge in [-0.05, 0) is 11.1 Å². The summed E-state index contributed by atoms with van der Waals surface area (Å²) < 4.78 is 0. The van der Waals surface area contributed by atoms with E-state index in [4.69, 9.17) is 0 Å². The normalized spacial score (nSPS) is 26.4. The molecule has 0 aliphatic heterocycles. The van der Waals surface area contributed by atoms with Crippen molar-refractivity contribution in [1.29, 1.82) is 0 Å². The van der Waals surface area contributed by atoms with E-state index in [1.54, 1.807) is 0 Å². The van der Waals surface area contributed by atoms with Gasteiger partial charge in [-0.15, -0.1) is 0 Å². The summed E-state index contributed by atoms with van der Waals surface area (Å²) in [6, 6.07) is 10.6. The molecule has 0 saturated carbocycles. The predicted molar refractivity (Wildman–Crippen MR) is 68.8 cm³/mol. The van der Waals surface area contributed by atoms with Gasteiger partial charge in [-0.25, -0.2) is 0 Å². The molecule has 2 unspecified atom stereocenters. The van der Waals surface area contributed by atoms with Crippen LogP contribution in [0.5, 0.6) is 0 Å². The van der Waals surface area contributed by atoms with E-state index < -0.39 is 0 Å². The third-order valence-electron chi connectivity index (χ3n) is 3.14. The Morgan fingerprint density at radius 3 is 2.44 bits per heavy atom. The predicted octanol–water partition coefficient (Wildman–Crippen LogP) is 4.00. The van der Waals surface area contributed by atoms with Gasteiger partial charge in [0.1, 0.15) is 0 Å². The number of benzene rings is 1. The maximum atomic E-state index is 2.36. The molecule has 1 aromatic carbocycles. The highest BCUT2D eigenvalue weighted by Gasteiger charge is 2.16. The van der Waals surface area contributed by atoms with Gasteiger partial charge >= 0.3 is 0 Å². The van der Waals surface area contributed by atoms with Gasteiger partial charge < -0.3 is 0 Å². The average molecular weight is 206 g/mol. The molecule has 1 aromatic rings. The second kappa shape index (κ2) is 3.97. The molecule has 3 aliphatic carbocycles. The summed E-state index contributed by atoms with van der Waals surface area (Å²) in [5.74, 6) is 0.889. The Morgan fingerprint density at radius 1 is 0.750 bits per heavy atom. The van der Waals surface area contributed by atoms with Crippen LogP contribution in [-0.2, 0) is 0 Å². The Kier molecular flexibility index (Phi) is 2.34. The van der Waals surface area contributed by atoms with Crippen LogP contribution in [0.4, 0.5) is 0 Å². The van der Waals surface area contributed by atoms with Gasteiger partial charge in [0.15, 0.2) is 0 Å². The maximum Gasteiger partial charge on any atom is 0.0205 e. The van der Waals surface area contributed by atoms with Crippen LogP contribution in [-0.4, -0.2) is 0 Å². The molecule has 16 heavy (non-hydrogen) atoms. The molecule has 0 N–H and O–H groups in total. The number of allylic oxidation sites excluding steroid dienone is 8. The lowest BCUT2D eigenvalue weighted by Crippen LogP contribution is -2.06. The standard InChI is InChI=1S/C16H14/c1-2-7-14(8-3-1)16-12-13-6-4-5-9-15(16)11-10-13/h1-13,15H. The van der Waals surface area contributed by atoms with Crippen LogP contribution in [0.25, 0.3) is 5.57 Å². The summed E-state index contributed by atoms with van der Waals surface area (Å²) in [6.07, 6.45) is 15.7. The molecule has 4 rings (SSSR count). The van der Waals surface area contributed by atoms with Crippen LogP contribution in [0, 0.1) is 11.8 Å². The Labute approximate surface area is 96.3 Å². The number of hydrogen-bond donors (Lipinski definition) is 0. The largest absolute Gasteiger partial charge is 0.0769 e. The first-order valence-electron chi connectivity index (χ1n) is 5.74. The van der Waals surface area contributed by atoms with Crippen molar-refractivity contribution in [3.63, 3.8) is 0 Å². The molecule has 0 nitrogen and oxygen atoms in total. The van der Waals surface area contributed by atoms with Crippen LogP contribution in [0.2, 0.25) is 0 Å². The number of rotatable bonds is 1. The van der Waals surface area contributed by atoms with Crippen LogP contribution < -0.4 is 0 Å². The van der Waals surface area contributed by atoms with Crippen molar-refractivity contribution in [2.75, 3.05) is 0 Å². The summed E-state index contributed by atoms with van der Waals surface area (Å²) in [4.78, 5) is 0. The zero-order valence-electron chi connectivity index (χ0n) is 9.08. The average Bonchev–Trinajstić information content (AvgIpc) is 2.30. The Hall–Kier alpha value is -1.82. The van der Waals surface area contributed by atoms with Crippen molar-refractivity contribution in [2.45, 2.75) is 0 Å². The second-order valence-corrected chi connectivity index (χ2v) is 4.25. The zero-order chi connectivity index (χ0) is 10.8. The number of fused-ring (bicyclic) bond motifs is 1. The fraction of sp³-hybridized carbons (Fsp3) is 0.125. The first-order chi connectivity index (χ1) is 7.93. The maximum absolute atomic E-state index is 2.36. The molecule has 0 spiro atoms. The smallest absolute Gasteiger partial charge is 0.0205 e. The monoisotopic (exact) mass is 206 g/mol. The van der Waals surface area contributed by atoms with Crippen molar-refractivity contribution in [2.24, 2.45) is 11.8 Å². The van der Waals surface area contributed by atoms with E-state index in [-0.39, 0.29) is 0 Å². The molecular formula is C16H14. The molecule has 2 atom stereocenters. The first-order valence-corrected chi connectivity index (χ1v) is 5.74. The third-order valence-corrected chi connectivity index (χ3v) is 3.14. The lowest BCUT2D eigenvalue weighted by molar-refractivity contribution is 0.948. The number of hydrogen-bond acceptors (Lipinski definition) is 0. The minimum atomic E-state index is 0.434. The highest BCUT2D eigenvalue weighted by molar-refractivity contribution is 5.72. The van der Waals surface area contributed by atoms with E-state index in [0.29, 0.717) is 11.8 Å². The Morgan fingerprint density at radius 2 is 1.56 bits per heavy atom. The van der Waals surface area contributed by atoms with E-state index >= 15 is 0 Å². The second-order valence-electron chi connectivity index (χ2n) is 4.25. The summed E-state index contributed by atoms with van der Waals surface area (Å²) >= 11 is 0. The van der Waals surface area contributed by atoms with E-state index in [0.717, 1.165) is 0 Å². The zero-order valence-corrected chi connectivity index (χ0v) is 9.08. The molecule has 78 valence electrons. The summed E-state index contributed by atoms with van der Waals surface area (Å²) in [5, 5.41) is 0. The van der Waals surface area contributed by atoms with Crippen molar-refractivity contribution < 1.29 is 0 Å². The molecule has 2 bridgehead atoms. The fourth-order valence-corrected chi connectivity index (χ4v) is 2.31. The first kappa shape index (κ1) is 9.41. The molecule has 0 heterocycles. The lowest BCUT2D eigenvalue weighted by atomic mass is 9.83.